The fourth-order valence-electron chi connectivity index (χ4n) is 2.41. The lowest BCUT2D eigenvalue weighted by Crippen LogP contribution is -2.15. The van der Waals surface area contributed by atoms with Crippen LogP contribution in [0.25, 0.3) is 0 Å². The van der Waals surface area contributed by atoms with E-state index in [1.54, 1.807) is 18.2 Å². The van der Waals surface area contributed by atoms with E-state index in [0.717, 1.165) is 23.2 Å². The van der Waals surface area contributed by atoms with Crippen molar-refractivity contribution in [2.24, 2.45) is 0 Å². The van der Waals surface area contributed by atoms with E-state index in [1.165, 1.54) is 0 Å². The van der Waals surface area contributed by atoms with E-state index in [2.05, 4.69) is 12.2 Å². The molecule has 2 rings (SSSR count). The maximum atomic E-state index is 12.1. The van der Waals surface area contributed by atoms with Crippen LogP contribution in [0.15, 0.2) is 36.4 Å². The molecule has 128 valence electrons. The molecule has 0 fully saturated rings. The molecule has 0 aliphatic carbocycles. The van der Waals surface area contributed by atoms with Crippen LogP contribution in [0.3, 0.4) is 0 Å². The van der Waals surface area contributed by atoms with Crippen LogP contribution in [0.1, 0.15) is 30.9 Å². The molecule has 0 spiro atoms. The van der Waals surface area contributed by atoms with Gasteiger partial charge >= 0.3 is 0 Å². The molecule has 2 aromatic rings. The maximum Gasteiger partial charge on any atom is 0.224 e. The highest BCUT2D eigenvalue weighted by molar-refractivity contribution is 6.35. The number of amides is 1. The first-order valence-electron chi connectivity index (χ1n) is 7.97. The number of hydrogen-bond donors (Lipinski definition) is 1. The van der Waals surface area contributed by atoms with Gasteiger partial charge in [-0.2, -0.15) is 0 Å². The lowest BCUT2D eigenvalue weighted by molar-refractivity contribution is -0.116. The van der Waals surface area contributed by atoms with Gasteiger partial charge in [-0.25, -0.2) is 0 Å². The number of halogens is 2. The minimum Gasteiger partial charge on any atom is -0.492 e. The second-order valence-corrected chi connectivity index (χ2v) is 6.38. The third-order valence-electron chi connectivity index (χ3n) is 3.70. The lowest BCUT2D eigenvalue weighted by Gasteiger charge is -2.13. The Labute approximate surface area is 152 Å². The average molecular weight is 366 g/mol. The number of hydrogen-bond acceptors (Lipinski definition) is 2. The molecule has 0 saturated heterocycles. The predicted molar refractivity (Wildman–Crippen MR) is 100 cm³/mol. The van der Waals surface area contributed by atoms with Crippen LogP contribution in [-0.4, -0.2) is 12.5 Å². The summed E-state index contributed by atoms with van der Waals surface area (Å²) in [7, 11) is 0. The van der Waals surface area contributed by atoms with E-state index >= 15 is 0 Å². The largest absolute Gasteiger partial charge is 0.492 e. The summed E-state index contributed by atoms with van der Waals surface area (Å²) in [6.45, 7) is 4.50. The second-order valence-electron chi connectivity index (χ2n) is 5.54. The summed E-state index contributed by atoms with van der Waals surface area (Å²) in [5.41, 5.74) is 3.14. The topological polar surface area (TPSA) is 38.3 Å². The van der Waals surface area contributed by atoms with E-state index in [1.807, 2.05) is 25.1 Å². The number of rotatable bonds is 7. The first-order chi connectivity index (χ1) is 11.5. The van der Waals surface area contributed by atoms with Crippen molar-refractivity contribution in [3.63, 3.8) is 0 Å². The average Bonchev–Trinajstić information content (AvgIpc) is 2.55. The fourth-order valence-corrected chi connectivity index (χ4v) is 2.87. The molecule has 5 heteroatoms. The molecule has 1 N–H and O–H groups in total. The normalized spacial score (nSPS) is 10.5. The molecule has 0 heterocycles. The summed E-state index contributed by atoms with van der Waals surface area (Å²) < 4.78 is 5.59. The number of aryl methyl sites for hydroxylation is 2. The molecule has 0 atom stereocenters. The first kappa shape index (κ1) is 18.6. The number of ether oxygens (including phenoxy) is 1. The number of nitrogens with one attached hydrogen (secondary N) is 1. The van der Waals surface area contributed by atoms with Crippen molar-refractivity contribution in [3.8, 4) is 5.75 Å². The number of benzene rings is 2. The fraction of sp³-hybridized carbons (Fsp3) is 0.316. The second kappa shape index (κ2) is 8.95. The number of carbonyl (C=O) groups is 1. The van der Waals surface area contributed by atoms with E-state index in [4.69, 9.17) is 27.9 Å². The molecule has 0 radical (unpaired) electrons. The lowest BCUT2D eigenvalue weighted by atomic mass is 10.1. The van der Waals surface area contributed by atoms with Crippen molar-refractivity contribution in [1.82, 2.24) is 0 Å². The molecule has 0 bridgehead atoms. The molecular weight excluding hydrogens is 345 g/mol. The van der Waals surface area contributed by atoms with E-state index in [-0.39, 0.29) is 5.91 Å². The van der Waals surface area contributed by atoms with Crippen molar-refractivity contribution in [2.75, 3.05) is 11.9 Å². The van der Waals surface area contributed by atoms with Crippen LogP contribution < -0.4 is 10.1 Å². The Morgan fingerprint density at radius 1 is 1.21 bits per heavy atom. The van der Waals surface area contributed by atoms with Crippen LogP contribution in [0, 0.1) is 6.92 Å². The zero-order valence-electron chi connectivity index (χ0n) is 13.9. The van der Waals surface area contributed by atoms with Crippen LogP contribution in [0.2, 0.25) is 10.0 Å². The monoisotopic (exact) mass is 365 g/mol. The summed E-state index contributed by atoms with van der Waals surface area (Å²) in [6.07, 6.45) is 1.89. The molecule has 0 aliphatic heterocycles. The summed E-state index contributed by atoms with van der Waals surface area (Å²) in [6, 6.07) is 11.1. The van der Waals surface area contributed by atoms with Crippen molar-refractivity contribution >= 4 is 34.8 Å². The Balaban J connectivity index is 1.82. The summed E-state index contributed by atoms with van der Waals surface area (Å²) in [4.78, 5) is 12.1. The Hall–Kier alpha value is -1.71. The zero-order valence-corrected chi connectivity index (χ0v) is 15.4. The Morgan fingerprint density at radius 3 is 2.71 bits per heavy atom. The third-order valence-corrected chi connectivity index (χ3v) is 4.23. The Morgan fingerprint density at radius 2 is 2.00 bits per heavy atom. The highest BCUT2D eigenvalue weighted by Crippen LogP contribution is 2.27. The minimum absolute atomic E-state index is 0.00944. The highest BCUT2D eigenvalue weighted by Gasteiger charge is 2.09. The third kappa shape index (κ3) is 5.15. The van der Waals surface area contributed by atoms with E-state index in [0.29, 0.717) is 35.2 Å². The van der Waals surface area contributed by atoms with Crippen molar-refractivity contribution in [1.29, 1.82) is 0 Å². The van der Waals surface area contributed by atoms with Gasteiger partial charge in [0.25, 0.3) is 0 Å². The predicted octanol–water partition coefficient (Wildman–Crippen LogP) is 5.66. The number of anilines is 1. The molecule has 0 aliphatic rings. The van der Waals surface area contributed by atoms with Crippen LogP contribution in [-0.2, 0) is 11.2 Å². The van der Waals surface area contributed by atoms with Crippen molar-refractivity contribution in [2.45, 2.75) is 33.1 Å². The van der Waals surface area contributed by atoms with Gasteiger partial charge < -0.3 is 10.1 Å². The molecule has 2 aromatic carbocycles. The quantitative estimate of drug-likeness (QED) is 0.642. The van der Waals surface area contributed by atoms with Gasteiger partial charge in [0.1, 0.15) is 5.75 Å². The smallest absolute Gasteiger partial charge is 0.224 e. The number of carbonyl (C=O) groups excluding carboxylic acids is 1. The molecule has 3 nitrogen and oxygen atoms in total. The first-order valence-corrected chi connectivity index (χ1v) is 8.73. The molecule has 24 heavy (non-hydrogen) atoms. The van der Waals surface area contributed by atoms with E-state index in [9.17, 15) is 4.79 Å². The van der Waals surface area contributed by atoms with Gasteiger partial charge in [0.15, 0.2) is 0 Å². The van der Waals surface area contributed by atoms with Crippen LogP contribution in [0.4, 0.5) is 5.69 Å². The standard InChI is InChI=1S/C19H21Cl2NO2/c1-3-14-7-4-6-13(2)19(14)22-18(23)8-5-11-24-17-10-9-15(20)12-16(17)21/h4,6-7,9-10,12H,3,5,8,11H2,1-2H3,(H,22,23). The van der Waals surface area contributed by atoms with E-state index < -0.39 is 0 Å². The Bertz CT molecular complexity index is 717. The molecule has 0 saturated carbocycles. The van der Waals surface area contributed by atoms with Gasteiger partial charge in [-0.3, -0.25) is 4.79 Å². The summed E-state index contributed by atoms with van der Waals surface area (Å²) >= 11 is 11.9. The van der Waals surface area contributed by atoms with Crippen LogP contribution in [0.5, 0.6) is 5.75 Å². The van der Waals surface area contributed by atoms with Gasteiger partial charge in [-0.05, 0) is 49.1 Å². The van der Waals surface area contributed by atoms with Gasteiger partial charge in [0, 0.05) is 17.1 Å². The number of para-hydroxylation sites is 1. The minimum atomic E-state index is -0.00944. The SMILES string of the molecule is CCc1cccc(C)c1NC(=O)CCCOc1ccc(Cl)cc1Cl. The summed E-state index contributed by atoms with van der Waals surface area (Å²) in [5, 5.41) is 4.05. The summed E-state index contributed by atoms with van der Waals surface area (Å²) in [5.74, 6) is 0.568. The highest BCUT2D eigenvalue weighted by atomic mass is 35.5. The maximum absolute atomic E-state index is 12.1. The van der Waals surface area contributed by atoms with Crippen molar-refractivity contribution < 1.29 is 9.53 Å². The van der Waals surface area contributed by atoms with Gasteiger partial charge in [0.05, 0.1) is 11.6 Å². The van der Waals surface area contributed by atoms with Crippen LogP contribution >= 0.6 is 23.2 Å². The molecular formula is C19H21Cl2NO2. The van der Waals surface area contributed by atoms with Crippen molar-refractivity contribution in [3.05, 3.63) is 57.6 Å². The Kier molecular flexibility index (Phi) is 6.95. The van der Waals surface area contributed by atoms with Gasteiger partial charge in [-0.1, -0.05) is 48.3 Å². The van der Waals surface area contributed by atoms with Gasteiger partial charge in [0.2, 0.25) is 5.91 Å². The molecule has 0 unspecified atom stereocenters. The zero-order chi connectivity index (χ0) is 17.5. The van der Waals surface area contributed by atoms with Gasteiger partial charge in [-0.15, -0.1) is 0 Å². The molecule has 0 aromatic heterocycles. The molecule has 1 amide bonds.